The van der Waals surface area contributed by atoms with E-state index in [4.69, 9.17) is 5.11 Å². The summed E-state index contributed by atoms with van der Waals surface area (Å²) in [7, 11) is 0. The zero-order valence-electron chi connectivity index (χ0n) is 10.8. The van der Waals surface area contributed by atoms with E-state index >= 15 is 0 Å². The van der Waals surface area contributed by atoms with Crippen molar-refractivity contribution in [3.8, 4) is 0 Å². The number of rotatable bonds is 3. The van der Waals surface area contributed by atoms with Crippen LogP contribution < -0.4 is 5.32 Å². The molecule has 1 aromatic carbocycles. The van der Waals surface area contributed by atoms with Gasteiger partial charge >= 0.3 is 12.0 Å². The van der Waals surface area contributed by atoms with Gasteiger partial charge in [-0.3, -0.25) is 10.1 Å². The second-order valence-electron chi connectivity index (χ2n) is 4.54. The molecule has 1 aromatic rings. The van der Waals surface area contributed by atoms with E-state index in [1.54, 1.807) is 0 Å². The Kier molecular flexibility index (Phi) is 4.01. The Morgan fingerprint density at radius 3 is 2.81 bits per heavy atom. The number of aliphatic carboxylic acids is 1. The van der Waals surface area contributed by atoms with Gasteiger partial charge in [0.25, 0.3) is 5.69 Å². The molecule has 0 spiro atoms. The van der Waals surface area contributed by atoms with Crippen LogP contribution in [0.25, 0.3) is 0 Å². The van der Waals surface area contributed by atoms with Crippen molar-refractivity contribution >= 4 is 23.4 Å². The quantitative estimate of drug-likeness (QED) is 0.652. The number of amides is 2. The van der Waals surface area contributed by atoms with Crippen LogP contribution in [0.2, 0.25) is 0 Å². The minimum absolute atomic E-state index is 0.235. The van der Waals surface area contributed by atoms with Gasteiger partial charge in [-0.15, -0.1) is 0 Å². The molecular weight excluding hydrogens is 285 g/mol. The lowest BCUT2D eigenvalue weighted by molar-refractivity contribution is -0.384. The zero-order valence-corrected chi connectivity index (χ0v) is 10.8. The van der Waals surface area contributed by atoms with Crippen molar-refractivity contribution < 1.29 is 24.0 Å². The number of carboxylic acid groups (broad SMARTS) is 1. The molecule has 0 unspecified atom stereocenters. The molecule has 1 fully saturated rings. The van der Waals surface area contributed by atoms with Crippen molar-refractivity contribution in [3.05, 3.63) is 34.1 Å². The third-order valence-electron chi connectivity index (χ3n) is 3.20. The first-order chi connectivity index (χ1) is 9.90. The first-order valence-electron chi connectivity index (χ1n) is 6.14. The highest BCUT2D eigenvalue weighted by molar-refractivity contribution is 5.93. The maximum absolute atomic E-state index is 13.6. The molecule has 1 aliphatic rings. The predicted molar refractivity (Wildman–Crippen MR) is 69.4 cm³/mol. The molecule has 8 nitrogen and oxygen atoms in total. The molecule has 0 saturated carbocycles. The van der Waals surface area contributed by atoms with Crippen molar-refractivity contribution in [1.82, 2.24) is 4.90 Å². The molecule has 1 heterocycles. The van der Waals surface area contributed by atoms with Gasteiger partial charge in [-0.25, -0.2) is 14.0 Å². The average Bonchev–Trinajstić information content (AvgIpc) is 2.90. The number of halogens is 1. The van der Waals surface area contributed by atoms with Gasteiger partial charge in [0.2, 0.25) is 0 Å². The van der Waals surface area contributed by atoms with Crippen molar-refractivity contribution in [2.24, 2.45) is 0 Å². The van der Waals surface area contributed by atoms with Gasteiger partial charge in [-0.1, -0.05) is 0 Å². The molecule has 2 amide bonds. The van der Waals surface area contributed by atoms with E-state index in [1.165, 1.54) is 0 Å². The summed E-state index contributed by atoms with van der Waals surface area (Å²) in [6, 6.07) is 0.970. The van der Waals surface area contributed by atoms with Crippen LogP contribution in [0.5, 0.6) is 0 Å². The molecule has 1 saturated heterocycles. The molecule has 1 aliphatic heterocycles. The summed E-state index contributed by atoms with van der Waals surface area (Å²) in [5, 5.41) is 21.8. The number of benzene rings is 1. The van der Waals surface area contributed by atoms with Crippen molar-refractivity contribution in [2.45, 2.75) is 18.9 Å². The number of anilines is 1. The molecule has 9 heteroatoms. The fourth-order valence-electron chi connectivity index (χ4n) is 2.18. The SMILES string of the molecule is O=C(O)[C@H]1CCCN1C(=O)Nc1cc([N+](=O)[O-])ccc1F. The highest BCUT2D eigenvalue weighted by atomic mass is 19.1. The van der Waals surface area contributed by atoms with E-state index in [2.05, 4.69) is 5.32 Å². The molecule has 0 radical (unpaired) electrons. The molecular formula is C12H12FN3O5. The Morgan fingerprint density at radius 1 is 1.48 bits per heavy atom. The molecule has 0 aromatic heterocycles. The van der Waals surface area contributed by atoms with Crippen LogP contribution in [0.1, 0.15) is 12.8 Å². The fourth-order valence-corrected chi connectivity index (χ4v) is 2.18. The number of nitrogens with zero attached hydrogens (tertiary/aromatic N) is 2. The van der Waals surface area contributed by atoms with Gasteiger partial charge in [-0.05, 0) is 18.9 Å². The highest BCUT2D eigenvalue weighted by Crippen LogP contribution is 2.23. The zero-order chi connectivity index (χ0) is 15.6. The molecule has 2 rings (SSSR count). The van der Waals surface area contributed by atoms with E-state index in [0.717, 1.165) is 23.1 Å². The number of hydrogen-bond acceptors (Lipinski definition) is 4. The molecule has 2 N–H and O–H groups in total. The van der Waals surface area contributed by atoms with Gasteiger partial charge in [0.05, 0.1) is 10.6 Å². The molecule has 0 bridgehead atoms. The fraction of sp³-hybridized carbons (Fsp3) is 0.333. The summed E-state index contributed by atoms with van der Waals surface area (Å²) >= 11 is 0. The Morgan fingerprint density at radius 2 is 2.19 bits per heavy atom. The van der Waals surface area contributed by atoms with E-state index < -0.39 is 28.8 Å². The summed E-state index contributed by atoms with van der Waals surface area (Å²) < 4.78 is 13.6. The summed E-state index contributed by atoms with van der Waals surface area (Å²) in [5.74, 6) is -1.97. The van der Waals surface area contributed by atoms with Gasteiger partial charge in [0.15, 0.2) is 0 Å². The maximum atomic E-state index is 13.6. The van der Waals surface area contributed by atoms with Crippen LogP contribution in [0.15, 0.2) is 18.2 Å². The predicted octanol–water partition coefficient (Wildman–Crippen LogP) is 1.81. The van der Waals surface area contributed by atoms with Crippen LogP contribution in [0, 0.1) is 15.9 Å². The smallest absolute Gasteiger partial charge is 0.326 e. The number of non-ortho nitro benzene ring substituents is 1. The van der Waals surface area contributed by atoms with Crippen LogP contribution >= 0.6 is 0 Å². The van der Waals surface area contributed by atoms with E-state index in [0.29, 0.717) is 12.8 Å². The second-order valence-corrected chi connectivity index (χ2v) is 4.54. The molecule has 0 aliphatic carbocycles. The number of nitro groups is 1. The summed E-state index contributed by atoms with van der Waals surface area (Å²) in [6.45, 7) is 0.235. The summed E-state index contributed by atoms with van der Waals surface area (Å²) in [5.41, 5.74) is -0.729. The average molecular weight is 297 g/mol. The van der Waals surface area contributed by atoms with Gasteiger partial charge < -0.3 is 15.3 Å². The monoisotopic (exact) mass is 297 g/mol. The largest absolute Gasteiger partial charge is 0.480 e. The van der Waals surface area contributed by atoms with E-state index in [9.17, 15) is 24.1 Å². The van der Waals surface area contributed by atoms with Crippen molar-refractivity contribution in [1.29, 1.82) is 0 Å². The Balaban J connectivity index is 2.18. The first kappa shape index (κ1) is 14.7. The summed E-state index contributed by atoms with van der Waals surface area (Å²) in [6.07, 6.45) is 0.849. The number of carboxylic acids is 1. The number of nitro benzene ring substituents is 1. The maximum Gasteiger partial charge on any atom is 0.326 e. The lowest BCUT2D eigenvalue weighted by Crippen LogP contribution is -2.42. The normalized spacial score (nSPS) is 17.6. The first-order valence-corrected chi connectivity index (χ1v) is 6.14. The molecule has 1 atom stereocenters. The van der Waals surface area contributed by atoms with Crippen LogP contribution in [0.3, 0.4) is 0 Å². The summed E-state index contributed by atoms with van der Waals surface area (Å²) in [4.78, 5) is 34.0. The topological polar surface area (TPSA) is 113 Å². The van der Waals surface area contributed by atoms with Crippen LogP contribution in [-0.2, 0) is 4.79 Å². The van der Waals surface area contributed by atoms with E-state index in [1.807, 2.05) is 0 Å². The lowest BCUT2D eigenvalue weighted by Gasteiger charge is -2.21. The number of carbonyl (C=O) groups excluding carboxylic acids is 1. The standard InChI is InChI=1S/C12H12FN3O5/c13-8-4-3-7(16(20)21)6-9(8)14-12(19)15-5-1-2-10(15)11(17)18/h3-4,6,10H,1-2,5H2,(H,14,19)(H,17,18)/t10-/m1/s1. The van der Waals surface area contributed by atoms with Crippen LogP contribution in [-0.4, -0.2) is 39.5 Å². The Hall–Kier alpha value is -2.71. The Labute approximate surface area is 118 Å². The number of urea groups is 1. The molecule has 21 heavy (non-hydrogen) atoms. The van der Waals surface area contributed by atoms with Crippen molar-refractivity contribution in [2.75, 3.05) is 11.9 Å². The van der Waals surface area contributed by atoms with Gasteiger partial charge in [-0.2, -0.15) is 0 Å². The molecule has 112 valence electrons. The number of hydrogen-bond donors (Lipinski definition) is 2. The second kappa shape index (κ2) is 5.73. The number of carbonyl (C=O) groups is 2. The number of nitrogens with one attached hydrogen (secondary N) is 1. The lowest BCUT2D eigenvalue weighted by atomic mass is 10.2. The van der Waals surface area contributed by atoms with Gasteiger partial charge in [0, 0.05) is 18.7 Å². The minimum Gasteiger partial charge on any atom is -0.480 e. The third-order valence-corrected chi connectivity index (χ3v) is 3.20. The highest BCUT2D eigenvalue weighted by Gasteiger charge is 2.34. The third kappa shape index (κ3) is 3.07. The Bertz CT molecular complexity index is 607. The van der Waals surface area contributed by atoms with Crippen molar-refractivity contribution in [3.63, 3.8) is 0 Å². The van der Waals surface area contributed by atoms with Gasteiger partial charge in [0.1, 0.15) is 11.9 Å². The number of likely N-dealkylation sites (tertiary alicyclic amines) is 1. The van der Waals surface area contributed by atoms with Crippen LogP contribution in [0.4, 0.5) is 20.6 Å². The minimum atomic E-state index is -1.14. The van der Waals surface area contributed by atoms with E-state index in [-0.39, 0.29) is 17.9 Å².